The van der Waals surface area contributed by atoms with E-state index in [0.29, 0.717) is 49.9 Å². The second-order valence-electron chi connectivity index (χ2n) is 8.61. The van der Waals surface area contributed by atoms with Crippen molar-refractivity contribution in [3.8, 4) is 5.75 Å². The van der Waals surface area contributed by atoms with Crippen LogP contribution in [0.25, 0.3) is 17.0 Å². The van der Waals surface area contributed by atoms with Crippen molar-refractivity contribution in [2.24, 2.45) is 0 Å². The third kappa shape index (κ3) is 4.98. The van der Waals surface area contributed by atoms with Gasteiger partial charge in [0.25, 0.3) is 11.8 Å². The molecule has 9 nitrogen and oxygen atoms in total. The molecule has 5 rings (SSSR count). The molecule has 3 heterocycles. The Morgan fingerprint density at radius 1 is 1.11 bits per heavy atom. The smallest absolute Gasteiger partial charge is 0.270 e. The Morgan fingerprint density at radius 3 is 2.57 bits per heavy atom. The summed E-state index contributed by atoms with van der Waals surface area (Å²) in [5.41, 5.74) is 1.95. The maximum absolute atomic E-state index is 13.5. The minimum atomic E-state index is -0.571. The summed E-state index contributed by atoms with van der Waals surface area (Å²) >= 11 is 5.32. The van der Waals surface area contributed by atoms with E-state index in [2.05, 4.69) is 5.32 Å². The number of nitrogens with zero attached hydrogens (tertiary/aromatic N) is 3. The molecule has 2 saturated heterocycles. The van der Waals surface area contributed by atoms with Gasteiger partial charge in [0, 0.05) is 35.8 Å². The van der Waals surface area contributed by atoms with Crippen molar-refractivity contribution in [3.63, 3.8) is 0 Å². The summed E-state index contributed by atoms with van der Waals surface area (Å²) in [7, 11) is 0. The number of ether oxygens (including phenoxy) is 2. The lowest BCUT2D eigenvalue weighted by atomic mass is 10.1. The van der Waals surface area contributed by atoms with Crippen LogP contribution in [0.5, 0.6) is 5.75 Å². The van der Waals surface area contributed by atoms with Gasteiger partial charge in [0.1, 0.15) is 17.9 Å². The van der Waals surface area contributed by atoms with Crippen LogP contribution in [-0.4, -0.2) is 65.2 Å². The fraction of sp³-hybridized carbons (Fsp3) is 0.259. The minimum Gasteiger partial charge on any atom is -0.494 e. The number of benzene rings is 2. The van der Waals surface area contributed by atoms with Crippen LogP contribution in [0.1, 0.15) is 12.5 Å². The number of hydrogen-bond acceptors (Lipinski definition) is 6. The van der Waals surface area contributed by atoms with E-state index in [1.807, 2.05) is 35.8 Å². The highest BCUT2D eigenvalue weighted by molar-refractivity contribution is 7.80. The van der Waals surface area contributed by atoms with Gasteiger partial charge in [0.15, 0.2) is 5.11 Å². The van der Waals surface area contributed by atoms with E-state index in [4.69, 9.17) is 21.7 Å². The highest BCUT2D eigenvalue weighted by Gasteiger charge is 2.34. The van der Waals surface area contributed by atoms with E-state index in [0.717, 1.165) is 10.9 Å². The quantitative estimate of drug-likeness (QED) is 0.307. The van der Waals surface area contributed by atoms with Crippen molar-refractivity contribution in [1.29, 1.82) is 0 Å². The zero-order valence-corrected chi connectivity index (χ0v) is 21.1. The fourth-order valence-corrected chi connectivity index (χ4v) is 4.77. The molecule has 2 aliphatic rings. The van der Waals surface area contributed by atoms with Gasteiger partial charge in [-0.1, -0.05) is 18.2 Å². The molecule has 37 heavy (non-hydrogen) atoms. The normalized spacial score (nSPS) is 17.4. The van der Waals surface area contributed by atoms with E-state index in [1.54, 1.807) is 41.4 Å². The molecule has 0 bridgehead atoms. The highest BCUT2D eigenvalue weighted by atomic mass is 32.1. The summed E-state index contributed by atoms with van der Waals surface area (Å²) in [6.07, 6.45) is 3.35. The molecule has 190 valence electrons. The van der Waals surface area contributed by atoms with Crippen molar-refractivity contribution in [3.05, 3.63) is 65.9 Å². The van der Waals surface area contributed by atoms with E-state index < -0.39 is 11.8 Å². The predicted molar refractivity (Wildman–Crippen MR) is 143 cm³/mol. The molecular formula is C27H26N4O5S. The number of hydrogen-bond donors (Lipinski definition) is 1. The number of aromatic nitrogens is 1. The average molecular weight is 519 g/mol. The molecule has 2 aromatic carbocycles. The first-order valence-electron chi connectivity index (χ1n) is 12.0. The van der Waals surface area contributed by atoms with E-state index in [-0.39, 0.29) is 23.1 Å². The van der Waals surface area contributed by atoms with Crippen LogP contribution in [0.2, 0.25) is 0 Å². The molecule has 1 N–H and O–H groups in total. The predicted octanol–water partition coefficient (Wildman–Crippen LogP) is 2.73. The zero-order valence-electron chi connectivity index (χ0n) is 20.3. The second kappa shape index (κ2) is 10.5. The first kappa shape index (κ1) is 24.7. The summed E-state index contributed by atoms with van der Waals surface area (Å²) in [4.78, 5) is 42.3. The van der Waals surface area contributed by atoms with Crippen LogP contribution in [0.3, 0.4) is 0 Å². The first-order valence-corrected chi connectivity index (χ1v) is 12.4. The Balaban J connectivity index is 1.47. The van der Waals surface area contributed by atoms with E-state index in [9.17, 15) is 14.4 Å². The van der Waals surface area contributed by atoms with Crippen LogP contribution in [0.4, 0.5) is 5.69 Å². The Hall–Kier alpha value is -4.02. The number of anilines is 1. The number of carbonyl (C=O) groups excluding carboxylic acids is 3. The van der Waals surface area contributed by atoms with Crippen molar-refractivity contribution in [2.75, 3.05) is 37.8 Å². The number of thiocarbonyl (C=S) groups is 1. The molecule has 10 heteroatoms. The van der Waals surface area contributed by atoms with Crippen molar-refractivity contribution < 1.29 is 23.9 Å². The molecule has 0 aliphatic carbocycles. The Morgan fingerprint density at radius 2 is 1.84 bits per heavy atom. The lowest BCUT2D eigenvalue weighted by Crippen LogP contribution is -2.54. The Bertz CT molecular complexity index is 1410. The summed E-state index contributed by atoms with van der Waals surface area (Å²) in [6.45, 7) is 4.73. The topological polar surface area (TPSA) is 93.1 Å². The molecule has 3 amide bonds. The third-order valence-electron chi connectivity index (χ3n) is 6.30. The maximum atomic E-state index is 13.5. The summed E-state index contributed by atoms with van der Waals surface area (Å²) in [5, 5.41) is 3.45. The first-order chi connectivity index (χ1) is 18.0. The van der Waals surface area contributed by atoms with Crippen LogP contribution < -0.4 is 15.0 Å². The molecule has 3 aromatic rings. The molecule has 0 spiro atoms. The second-order valence-corrected chi connectivity index (χ2v) is 8.99. The van der Waals surface area contributed by atoms with Gasteiger partial charge in [-0.25, -0.2) is 0 Å². The number of amides is 3. The van der Waals surface area contributed by atoms with Gasteiger partial charge < -0.3 is 18.9 Å². The number of carbonyl (C=O) groups is 3. The average Bonchev–Trinajstić information content (AvgIpc) is 3.25. The third-order valence-corrected chi connectivity index (χ3v) is 6.58. The monoisotopic (exact) mass is 518 g/mol. The lowest BCUT2D eigenvalue weighted by molar-refractivity contribution is -0.135. The van der Waals surface area contributed by atoms with Crippen molar-refractivity contribution in [2.45, 2.75) is 13.5 Å². The summed E-state index contributed by atoms with van der Waals surface area (Å²) < 4.78 is 12.7. The number of para-hydroxylation sites is 1. The molecular weight excluding hydrogens is 492 g/mol. The van der Waals surface area contributed by atoms with Crippen LogP contribution >= 0.6 is 12.2 Å². The SMILES string of the molecule is CCOc1ccc(N2C(=O)/C(=C\c3cn(CC(=O)N4CCOCC4)c4ccccc34)C(=O)NC2=S)cc1. The molecule has 0 radical (unpaired) electrons. The van der Waals surface area contributed by atoms with Gasteiger partial charge >= 0.3 is 0 Å². The van der Waals surface area contributed by atoms with Gasteiger partial charge in [-0.05, 0) is 55.5 Å². The van der Waals surface area contributed by atoms with Crippen LogP contribution in [0, 0.1) is 0 Å². The molecule has 0 saturated carbocycles. The molecule has 2 fully saturated rings. The number of nitrogens with one attached hydrogen (secondary N) is 1. The zero-order chi connectivity index (χ0) is 25.9. The van der Waals surface area contributed by atoms with Gasteiger partial charge in [-0.3, -0.25) is 24.6 Å². The van der Waals surface area contributed by atoms with Gasteiger partial charge in [0.05, 0.1) is 25.5 Å². The number of rotatable bonds is 6. The van der Waals surface area contributed by atoms with Crippen LogP contribution in [0.15, 0.2) is 60.3 Å². The maximum Gasteiger partial charge on any atom is 0.270 e. The van der Waals surface area contributed by atoms with Crippen LogP contribution in [-0.2, 0) is 25.7 Å². The van der Waals surface area contributed by atoms with E-state index in [1.165, 1.54) is 4.90 Å². The number of fused-ring (bicyclic) bond motifs is 1. The minimum absolute atomic E-state index is 0.00912. The van der Waals surface area contributed by atoms with E-state index >= 15 is 0 Å². The number of morpholine rings is 1. The molecule has 0 atom stereocenters. The van der Waals surface area contributed by atoms with Gasteiger partial charge in [-0.15, -0.1) is 0 Å². The Labute approximate surface area is 219 Å². The fourth-order valence-electron chi connectivity index (χ4n) is 4.49. The molecule has 1 aromatic heterocycles. The lowest BCUT2D eigenvalue weighted by Gasteiger charge is -2.29. The van der Waals surface area contributed by atoms with Gasteiger partial charge in [-0.2, -0.15) is 0 Å². The van der Waals surface area contributed by atoms with Gasteiger partial charge in [0.2, 0.25) is 5.91 Å². The summed E-state index contributed by atoms with van der Waals surface area (Å²) in [5.74, 6) is -0.444. The highest BCUT2D eigenvalue weighted by Crippen LogP contribution is 2.28. The summed E-state index contributed by atoms with van der Waals surface area (Å²) in [6, 6.07) is 14.5. The molecule has 0 unspecified atom stereocenters. The Kier molecular flexibility index (Phi) is 7.02. The standard InChI is InChI=1S/C27H26N4O5S/c1-2-36-20-9-7-19(8-10-20)31-26(34)22(25(33)28-27(31)37)15-18-16-30(23-6-4-3-5-21(18)23)17-24(32)29-11-13-35-14-12-29/h3-10,15-16H,2,11-14,17H2,1H3,(H,28,33,37)/b22-15-. The molecule has 2 aliphatic heterocycles. The van der Waals surface area contributed by atoms with Crippen molar-refractivity contribution in [1.82, 2.24) is 14.8 Å². The largest absolute Gasteiger partial charge is 0.494 e. The van der Waals surface area contributed by atoms with Crippen molar-refractivity contribution >= 4 is 57.7 Å².